The van der Waals surface area contributed by atoms with Crippen LogP contribution in [0.15, 0.2) is 69.7 Å². The second kappa shape index (κ2) is 8.60. The molecule has 1 amide bonds. The highest BCUT2D eigenvalue weighted by atomic mass is 79.9. The fourth-order valence-corrected chi connectivity index (χ4v) is 3.95. The highest BCUT2D eigenvalue weighted by molar-refractivity contribution is 9.10. The Morgan fingerprint density at radius 1 is 1.17 bits per heavy atom. The lowest BCUT2D eigenvalue weighted by Gasteiger charge is -2.00. The molecule has 0 saturated heterocycles. The van der Waals surface area contributed by atoms with Gasteiger partial charge in [0.1, 0.15) is 0 Å². The van der Waals surface area contributed by atoms with E-state index < -0.39 is 5.97 Å². The molecule has 30 heavy (non-hydrogen) atoms. The molecule has 0 unspecified atom stereocenters. The molecule has 0 aliphatic heterocycles. The number of hydrazone groups is 1. The van der Waals surface area contributed by atoms with Crippen LogP contribution < -0.4 is 5.43 Å². The van der Waals surface area contributed by atoms with Gasteiger partial charge in [-0.25, -0.2) is 15.2 Å². The molecule has 0 aliphatic carbocycles. The first-order valence-electron chi connectivity index (χ1n) is 8.86. The summed E-state index contributed by atoms with van der Waals surface area (Å²) in [6.07, 6.45) is 3.55. The van der Waals surface area contributed by atoms with Gasteiger partial charge in [0.15, 0.2) is 4.96 Å². The molecule has 7 nitrogen and oxygen atoms in total. The fraction of sp³-hybridized carbons (Fsp3) is 0.0476. The molecule has 0 bridgehead atoms. The molecule has 0 aliphatic rings. The van der Waals surface area contributed by atoms with Crippen LogP contribution in [0.2, 0.25) is 0 Å². The van der Waals surface area contributed by atoms with Gasteiger partial charge in [0.25, 0.3) is 0 Å². The number of imidazole rings is 1. The van der Waals surface area contributed by atoms with Crippen LogP contribution >= 0.6 is 27.3 Å². The van der Waals surface area contributed by atoms with Crippen molar-refractivity contribution in [3.05, 3.63) is 81.4 Å². The van der Waals surface area contributed by atoms with E-state index in [1.807, 2.05) is 40.2 Å². The maximum atomic E-state index is 12.3. The van der Waals surface area contributed by atoms with E-state index in [0.717, 1.165) is 26.4 Å². The number of carbonyl (C=O) groups excluding carboxylic acids is 1. The summed E-state index contributed by atoms with van der Waals surface area (Å²) in [6, 6.07) is 14.1. The van der Waals surface area contributed by atoms with Crippen molar-refractivity contribution in [3.8, 4) is 11.3 Å². The topological polar surface area (TPSA) is 96.1 Å². The molecule has 0 saturated carbocycles. The Morgan fingerprint density at radius 2 is 1.90 bits per heavy atom. The third kappa shape index (κ3) is 4.47. The fourth-order valence-electron chi connectivity index (χ4n) is 2.81. The van der Waals surface area contributed by atoms with E-state index in [4.69, 9.17) is 5.11 Å². The number of nitrogens with zero attached hydrogens (tertiary/aromatic N) is 3. The third-order valence-corrected chi connectivity index (χ3v) is 5.74. The summed E-state index contributed by atoms with van der Waals surface area (Å²) in [4.78, 5) is 28.6. The summed E-state index contributed by atoms with van der Waals surface area (Å²) in [6.45, 7) is 0. The summed E-state index contributed by atoms with van der Waals surface area (Å²) < 4.78 is 2.92. The molecular formula is C21H15BrN4O3S. The molecule has 0 atom stereocenters. The van der Waals surface area contributed by atoms with Gasteiger partial charge in [-0.1, -0.05) is 40.2 Å². The van der Waals surface area contributed by atoms with Crippen molar-refractivity contribution in [1.29, 1.82) is 0 Å². The van der Waals surface area contributed by atoms with Gasteiger partial charge in [-0.3, -0.25) is 9.20 Å². The van der Waals surface area contributed by atoms with Crippen LogP contribution in [-0.2, 0) is 11.2 Å². The standard InChI is InChI=1S/C21H15BrN4O3S/c22-16-7-5-14(6-8-16)18-11-26-17(12-30-21(26)24-18)9-19(27)25-23-10-13-1-3-15(4-2-13)20(28)29/h1-8,10-12H,9H2,(H,25,27)(H,28,29)/b23-10+. The average molecular weight is 483 g/mol. The molecule has 9 heteroatoms. The summed E-state index contributed by atoms with van der Waals surface area (Å²) in [5, 5.41) is 14.7. The zero-order chi connectivity index (χ0) is 21.1. The molecule has 0 fully saturated rings. The minimum Gasteiger partial charge on any atom is -0.478 e. The minimum atomic E-state index is -0.989. The number of halogens is 1. The van der Waals surface area contributed by atoms with Gasteiger partial charge in [-0.15, -0.1) is 11.3 Å². The second-order valence-corrected chi connectivity index (χ2v) is 8.16. The lowest BCUT2D eigenvalue weighted by molar-refractivity contribution is -0.120. The number of amides is 1. The first-order chi connectivity index (χ1) is 14.5. The van der Waals surface area contributed by atoms with Crippen LogP contribution in [0.25, 0.3) is 16.2 Å². The Balaban J connectivity index is 1.41. The van der Waals surface area contributed by atoms with Crippen LogP contribution in [0.1, 0.15) is 21.6 Å². The predicted octanol–water partition coefficient (Wildman–Crippen LogP) is 4.22. The van der Waals surface area contributed by atoms with E-state index in [1.54, 1.807) is 12.1 Å². The SMILES string of the molecule is O=C(Cc1csc2nc(-c3ccc(Br)cc3)cn12)N/N=C/c1ccc(C(=O)O)cc1. The molecule has 0 radical (unpaired) electrons. The second-order valence-electron chi connectivity index (χ2n) is 6.41. The zero-order valence-electron chi connectivity index (χ0n) is 15.4. The number of thiazole rings is 1. The van der Waals surface area contributed by atoms with Crippen molar-refractivity contribution >= 4 is 50.3 Å². The number of carboxylic acids is 1. The van der Waals surface area contributed by atoms with Gasteiger partial charge in [-0.2, -0.15) is 5.10 Å². The molecule has 4 rings (SSSR count). The monoisotopic (exact) mass is 482 g/mol. The van der Waals surface area contributed by atoms with Crippen molar-refractivity contribution in [2.75, 3.05) is 0 Å². The summed E-state index contributed by atoms with van der Waals surface area (Å²) in [7, 11) is 0. The zero-order valence-corrected chi connectivity index (χ0v) is 17.9. The quantitative estimate of drug-likeness (QED) is 0.317. The predicted molar refractivity (Wildman–Crippen MR) is 119 cm³/mol. The number of aromatic nitrogens is 2. The van der Waals surface area contributed by atoms with Crippen LogP contribution in [0, 0.1) is 0 Å². The molecule has 0 spiro atoms. The Morgan fingerprint density at radius 3 is 2.60 bits per heavy atom. The normalized spacial score (nSPS) is 11.2. The highest BCUT2D eigenvalue weighted by Crippen LogP contribution is 2.25. The van der Waals surface area contributed by atoms with Crippen molar-refractivity contribution in [3.63, 3.8) is 0 Å². The molecule has 150 valence electrons. The number of fused-ring (bicyclic) bond motifs is 1. The van der Waals surface area contributed by atoms with Gasteiger partial charge < -0.3 is 5.11 Å². The lowest BCUT2D eigenvalue weighted by Crippen LogP contribution is -2.20. The Bertz CT molecular complexity index is 1240. The first kappa shape index (κ1) is 20.0. The van der Waals surface area contributed by atoms with Crippen molar-refractivity contribution in [1.82, 2.24) is 14.8 Å². The average Bonchev–Trinajstić information content (AvgIpc) is 3.31. The van der Waals surface area contributed by atoms with E-state index in [1.165, 1.54) is 29.7 Å². The van der Waals surface area contributed by atoms with Crippen molar-refractivity contribution in [2.45, 2.75) is 6.42 Å². The number of carbonyl (C=O) groups is 2. The number of nitrogens with one attached hydrogen (secondary N) is 1. The highest BCUT2D eigenvalue weighted by Gasteiger charge is 2.12. The number of hydrogen-bond acceptors (Lipinski definition) is 5. The van der Waals surface area contributed by atoms with Gasteiger partial charge in [0.05, 0.1) is 23.9 Å². The summed E-state index contributed by atoms with van der Waals surface area (Å²) in [5.74, 6) is -1.25. The van der Waals surface area contributed by atoms with Crippen LogP contribution in [0.5, 0.6) is 0 Å². The summed E-state index contributed by atoms with van der Waals surface area (Å²) >= 11 is 4.90. The minimum absolute atomic E-state index is 0.158. The molecular weight excluding hydrogens is 468 g/mol. The Labute approximate surface area is 183 Å². The van der Waals surface area contributed by atoms with E-state index in [9.17, 15) is 9.59 Å². The van der Waals surface area contributed by atoms with Crippen LogP contribution in [0.4, 0.5) is 0 Å². The van der Waals surface area contributed by atoms with Crippen LogP contribution in [0.3, 0.4) is 0 Å². The molecule has 2 N–H and O–H groups in total. The largest absolute Gasteiger partial charge is 0.478 e. The maximum absolute atomic E-state index is 12.3. The first-order valence-corrected chi connectivity index (χ1v) is 10.5. The van der Waals surface area contributed by atoms with E-state index >= 15 is 0 Å². The molecule has 2 aromatic heterocycles. The number of rotatable bonds is 6. The van der Waals surface area contributed by atoms with E-state index in [-0.39, 0.29) is 17.9 Å². The third-order valence-electron chi connectivity index (χ3n) is 4.33. The van der Waals surface area contributed by atoms with Gasteiger partial charge in [-0.05, 0) is 29.8 Å². The Hall–Kier alpha value is -3.30. The molecule has 2 heterocycles. The number of benzene rings is 2. The van der Waals surface area contributed by atoms with E-state index in [2.05, 4.69) is 31.4 Å². The number of hydrogen-bond donors (Lipinski definition) is 2. The summed E-state index contributed by atoms with van der Waals surface area (Å²) in [5.41, 5.74) is 6.05. The number of carboxylic acid groups (broad SMARTS) is 1. The van der Waals surface area contributed by atoms with Crippen molar-refractivity contribution < 1.29 is 14.7 Å². The van der Waals surface area contributed by atoms with Gasteiger partial charge in [0, 0.05) is 27.3 Å². The van der Waals surface area contributed by atoms with E-state index in [0.29, 0.717) is 5.56 Å². The Kier molecular flexibility index (Phi) is 5.73. The van der Waals surface area contributed by atoms with Gasteiger partial charge in [0.2, 0.25) is 5.91 Å². The van der Waals surface area contributed by atoms with Gasteiger partial charge >= 0.3 is 5.97 Å². The number of aromatic carboxylic acids is 1. The lowest BCUT2D eigenvalue weighted by atomic mass is 10.1. The smallest absolute Gasteiger partial charge is 0.335 e. The maximum Gasteiger partial charge on any atom is 0.335 e. The molecule has 4 aromatic rings. The van der Waals surface area contributed by atoms with Crippen LogP contribution in [-0.4, -0.2) is 32.6 Å². The molecule has 2 aromatic carbocycles. The van der Waals surface area contributed by atoms with Crippen molar-refractivity contribution in [2.24, 2.45) is 5.10 Å².